The number of nitrogens with zero attached hydrogens (tertiary/aromatic N) is 1. The Morgan fingerprint density at radius 3 is 2.61 bits per heavy atom. The van der Waals surface area contributed by atoms with Crippen molar-refractivity contribution in [2.45, 2.75) is 26.7 Å². The average Bonchev–Trinajstić information content (AvgIpc) is 2.98. The van der Waals surface area contributed by atoms with Crippen LogP contribution < -0.4 is 9.64 Å². The van der Waals surface area contributed by atoms with Crippen LogP contribution in [-0.4, -0.2) is 19.1 Å². The van der Waals surface area contributed by atoms with E-state index in [-0.39, 0.29) is 5.91 Å². The molecule has 0 saturated carbocycles. The number of hydrogen-bond acceptors (Lipinski definition) is 2. The summed E-state index contributed by atoms with van der Waals surface area (Å²) in [5, 5.41) is 0. The molecule has 1 aliphatic rings. The minimum Gasteiger partial charge on any atom is -0.494 e. The van der Waals surface area contributed by atoms with Crippen LogP contribution in [0, 0.1) is 5.92 Å². The summed E-state index contributed by atoms with van der Waals surface area (Å²) in [4.78, 5) is 14.6. The molecule has 2 aromatic rings. The van der Waals surface area contributed by atoms with Gasteiger partial charge in [0.15, 0.2) is 0 Å². The first kappa shape index (κ1) is 15.6. The Bertz CT molecular complexity index is 676. The largest absolute Gasteiger partial charge is 0.494 e. The second kappa shape index (κ2) is 6.86. The van der Waals surface area contributed by atoms with E-state index in [2.05, 4.69) is 19.9 Å². The van der Waals surface area contributed by atoms with E-state index in [0.717, 1.165) is 30.8 Å². The van der Waals surface area contributed by atoms with Crippen LogP contribution in [-0.2, 0) is 6.42 Å². The smallest absolute Gasteiger partial charge is 0.258 e. The minimum atomic E-state index is 0.0590. The highest BCUT2D eigenvalue weighted by atomic mass is 16.5. The number of hydrogen-bond donors (Lipinski definition) is 0. The Morgan fingerprint density at radius 2 is 1.87 bits per heavy atom. The first-order valence-corrected chi connectivity index (χ1v) is 8.28. The third-order valence-electron chi connectivity index (χ3n) is 4.20. The zero-order valence-electron chi connectivity index (χ0n) is 13.8. The van der Waals surface area contributed by atoms with Gasteiger partial charge in [0.25, 0.3) is 5.91 Å². The lowest BCUT2D eigenvalue weighted by Crippen LogP contribution is -2.28. The van der Waals surface area contributed by atoms with E-state index < -0.39 is 0 Å². The fraction of sp³-hybridized carbons (Fsp3) is 0.350. The highest BCUT2D eigenvalue weighted by molar-refractivity contribution is 6.07. The van der Waals surface area contributed by atoms with Gasteiger partial charge in [-0.15, -0.1) is 0 Å². The Morgan fingerprint density at radius 1 is 1.13 bits per heavy atom. The van der Waals surface area contributed by atoms with Crippen LogP contribution >= 0.6 is 0 Å². The molecule has 0 spiro atoms. The molecule has 0 unspecified atom stereocenters. The van der Waals surface area contributed by atoms with E-state index in [0.29, 0.717) is 18.1 Å². The topological polar surface area (TPSA) is 29.5 Å². The normalized spacial score (nSPS) is 13.3. The third-order valence-corrected chi connectivity index (χ3v) is 4.20. The Hall–Kier alpha value is -2.29. The molecule has 1 heterocycles. The lowest BCUT2D eigenvalue weighted by atomic mass is 10.1. The average molecular weight is 309 g/mol. The van der Waals surface area contributed by atoms with Gasteiger partial charge in [0, 0.05) is 17.8 Å². The molecule has 0 radical (unpaired) electrons. The molecular weight excluding hydrogens is 286 g/mol. The molecule has 1 aliphatic heterocycles. The molecule has 0 N–H and O–H groups in total. The molecule has 3 rings (SSSR count). The second-order valence-corrected chi connectivity index (χ2v) is 6.39. The lowest BCUT2D eigenvalue weighted by molar-refractivity contribution is 0.0989. The van der Waals surface area contributed by atoms with Crippen LogP contribution in [0.5, 0.6) is 5.75 Å². The Kier molecular flexibility index (Phi) is 4.65. The first-order valence-electron chi connectivity index (χ1n) is 8.28. The van der Waals surface area contributed by atoms with Gasteiger partial charge < -0.3 is 9.64 Å². The monoisotopic (exact) mass is 309 g/mol. The van der Waals surface area contributed by atoms with Crippen LogP contribution in [0.4, 0.5) is 5.69 Å². The van der Waals surface area contributed by atoms with Crippen molar-refractivity contribution in [1.29, 1.82) is 0 Å². The molecule has 3 heteroatoms. The summed E-state index contributed by atoms with van der Waals surface area (Å²) in [6, 6.07) is 15.6. The maximum Gasteiger partial charge on any atom is 0.258 e. The molecular formula is C20H23NO2. The van der Waals surface area contributed by atoms with E-state index in [1.54, 1.807) is 0 Å². The molecule has 0 saturated heterocycles. The molecule has 0 bridgehead atoms. The van der Waals surface area contributed by atoms with Crippen molar-refractivity contribution < 1.29 is 9.53 Å². The van der Waals surface area contributed by atoms with Crippen molar-refractivity contribution in [3.8, 4) is 5.75 Å². The molecule has 0 atom stereocenters. The maximum atomic E-state index is 12.7. The number of carbonyl (C=O) groups excluding carboxylic acids is 1. The van der Waals surface area contributed by atoms with Gasteiger partial charge in [0.1, 0.15) is 5.75 Å². The maximum absolute atomic E-state index is 12.7. The number of fused-ring (bicyclic) bond motifs is 1. The van der Waals surface area contributed by atoms with Gasteiger partial charge in [-0.05, 0) is 54.7 Å². The van der Waals surface area contributed by atoms with Gasteiger partial charge in [-0.25, -0.2) is 0 Å². The van der Waals surface area contributed by atoms with E-state index in [1.165, 1.54) is 5.56 Å². The molecule has 0 fully saturated rings. The summed E-state index contributed by atoms with van der Waals surface area (Å²) in [6.45, 7) is 5.83. The van der Waals surface area contributed by atoms with Gasteiger partial charge in [-0.2, -0.15) is 0 Å². The summed E-state index contributed by atoms with van der Waals surface area (Å²) >= 11 is 0. The number of carbonyl (C=O) groups is 1. The summed E-state index contributed by atoms with van der Waals surface area (Å²) in [5.74, 6) is 1.51. The SMILES string of the molecule is CC(C)CCOc1ccc(C(=O)N2CCc3ccccc32)cc1. The second-order valence-electron chi connectivity index (χ2n) is 6.39. The molecule has 3 nitrogen and oxygen atoms in total. The molecule has 2 aromatic carbocycles. The van der Waals surface area contributed by atoms with E-state index in [4.69, 9.17) is 4.74 Å². The van der Waals surface area contributed by atoms with Gasteiger partial charge in [0.05, 0.1) is 6.61 Å². The van der Waals surface area contributed by atoms with E-state index >= 15 is 0 Å². The third kappa shape index (κ3) is 3.55. The van der Waals surface area contributed by atoms with Crippen molar-refractivity contribution in [3.63, 3.8) is 0 Å². The highest BCUT2D eigenvalue weighted by Crippen LogP contribution is 2.29. The van der Waals surface area contributed by atoms with E-state index in [1.807, 2.05) is 47.4 Å². The van der Waals surface area contributed by atoms with Gasteiger partial charge in [-0.3, -0.25) is 4.79 Å². The fourth-order valence-electron chi connectivity index (χ4n) is 2.81. The molecule has 1 amide bonds. The number of benzene rings is 2. The van der Waals surface area contributed by atoms with Crippen molar-refractivity contribution in [3.05, 3.63) is 59.7 Å². The highest BCUT2D eigenvalue weighted by Gasteiger charge is 2.24. The summed E-state index contributed by atoms with van der Waals surface area (Å²) in [7, 11) is 0. The summed E-state index contributed by atoms with van der Waals surface area (Å²) in [5.41, 5.74) is 2.99. The van der Waals surface area contributed by atoms with Crippen LogP contribution in [0.1, 0.15) is 36.2 Å². The van der Waals surface area contributed by atoms with Gasteiger partial charge in [-0.1, -0.05) is 32.0 Å². The number of anilines is 1. The van der Waals surface area contributed by atoms with Crippen LogP contribution in [0.15, 0.2) is 48.5 Å². The number of amides is 1. The number of ether oxygens (including phenoxy) is 1. The lowest BCUT2D eigenvalue weighted by Gasteiger charge is -2.17. The van der Waals surface area contributed by atoms with E-state index in [9.17, 15) is 4.79 Å². The Labute approximate surface area is 137 Å². The fourth-order valence-corrected chi connectivity index (χ4v) is 2.81. The molecule has 23 heavy (non-hydrogen) atoms. The predicted molar refractivity (Wildman–Crippen MR) is 93.2 cm³/mol. The van der Waals surface area contributed by atoms with Crippen molar-refractivity contribution in [2.75, 3.05) is 18.1 Å². The Balaban J connectivity index is 1.67. The van der Waals surface area contributed by atoms with Crippen LogP contribution in [0.25, 0.3) is 0 Å². The van der Waals surface area contributed by atoms with Crippen molar-refractivity contribution >= 4 is 11.6 Å². The predicted octanol–water partition coefficient (Wildman–Crippen LogP) is 4.31. The van der Waals surface area contributed by atoms with Gasteiger partial charge >= 0.3 is 0 Å². The molecule has 0 aliphatic carbocycles. The number of para-hydroxylation sites is 1. The van der Waals surface area contributed by atoms with Gasteiger partial charge in [0.2, 0.25) is 0 Å². The minimum absolute atomic E-state index is 0.0590. The quantitative estimate of drug-likeness (QED) is 0.823. The first-order chi connectivity index (χ1) is 11.1. The molecule has 0 aromatic heterocycles. The standard InChI is InChI=1S/C20H23NO2/c1-15(2)12-14-23-18-9-7-17(8-10-18)20(22)21-13-11-16-5-3-4-6-19(16)21/h3-10,15H,11-14H2,1-2H3. The summed E-state index contributed by atoms with van der Waals surface area (Å²) < 4.78 is 5.71. The van der Waals surface area contributed by atoms with Crippen LogP contribution in [0.3, 0.4) is 0 Å². The molecule has 120 valence electrons. The van der Waals surface area contributed by atoms with Crippen molar-refractivity contribution in [2.24, 2.45) is 5.92 Å². The zero-order chi connectivity index (χ0) is 16.2. The zero-order valence-corrected chi connectivity index (χ0v) is 13.8. The van der Waals surface area contributed by atoms with Crippen LogP contribution in [0.2, 0.25) is 0 Å². The number of rotatable bonds is 5. The van der Waals surface area contributed by atoms with Crippen molar-refractivity contribution in [1.82, 2.24) is 0 Å². The summed E-state index contributed by atoms with van der Waals surface area (Å²) in [6.07, 6.45) is 1.96.